The first-order valence-corrected chi connectivity index (χ1v) is 9.15. The van der Waals surface area contributed by atoms with E-state index in [1.54, 1.807) is 17.0 Å². The number of hydrogen-bond donors (Lipinski definition) is 0. The van der Waals surface area contributed by atoms with Crippen LogP contribution in [0.1, 0.15) is 24.8 Å². The lowest BCUT2D eigenvalue weighted by atomic mass is 10.2. The van der Waals surface area contributed by atoms with Gasteiger partial charge in [-0.15, -0.1) is 10.2 Å². The van der Waals surface area contributed by atoms with Crippen LogP contribution in [0.2, 0.25) is 5.02 Å². The Kier molecular flexibility index (Phi) is 5.07. The molecule has 138 valence electrons. The molecular formula is C20H18ClN3O3. The predicted octanol–water partition coefficient (Wildman–Crippen LogP) is 4.13. The topological polar surface area (TPSA) is 68.5 Å². The number of para-hydroxylation sites is 1. The Bertz CT molecular complexity index is 912. The van der Waals surface area contributed by atoms with Crippen molar-refractivity contribution in [2.75, 3.05) is 13.2 Å². The number of likely N-dealkylation sites (tertiary alicyclic amines) is 1. The van der Waals surface area contributed by atoms with Crippen LogP contribution in [0.3, 0.4) is 0 Å². The second-order valence-electron chi connectivity index (χ2n) is 6.30. The summed E-state index contributed by atoms with van der Waals surface area (Å²) in [5, 5.41) is 8.93. The van der Waals surface area contributed by atoms with E-state index in [-0.39, 0.29) is 18.6 Å². The van der Waals surface area contributed by atoms with Gasteiger partial charge in [-0.3, -0.25) is 4.79 Å². The minimum atomic E-state index is -0.217. The minimum Gasteiger partial charge on any atom is -0.484 e. The number of benzene rings is 2. The fraction of sp³-hybridized carbons (Fsp3) is 0.250. The van der Waals surface area contributed by atoms with E-state index < -0.39 is 0 Å². The van der Waals surface area contributed by atoms with Gasteiger partial charge < -0.3 is 14.1 Å². The number of carbonyl (C=O) groups excluding carboxylic acids is 1. The molecule has 0 spiro atoms. The normalized spacial score (nSPS) is 16.5. The molecule has 0 radical (unpaired) electrons. The molecule has 1 aliphatic rings. The molecule has 0 saturated carbocycles. The molecule has 1 aliphatic heterocycles. The highest BCUT2D eigenvalue weighted by molar-refractivity contribution is 6.30. The maximum atomic E-state index is 12.6. The van der Waals surface area contributed by atoms with Crippen LogP contribution < -0.4 is 4.74 Å². The summed E-state index contributed by atoms with van der Waals surface area (Å²) in [5.74, 6) is 1.45. The zero-order chi connectivity index (χ0) is 18.6. The lowest BCUT2D eigenvalue weighted by Crippen LogP contribution is -2.34. The van der Waals surface area contributed by atoms with Gasteiger partial charge in [0.1, 0.15) is 11.8 Å². The Morgan fingerprint density at radius 2 is 1.93 bits per heavy atom. The number of ether oxygens (including phenoxy) is 1. The first-order valence-electron chi connectivity index (χ1n) is 8.77. The van der Waals surface area contributed by atoms with Crippen LogP contribution in [0.4, 0.5) is 0 Å². The SMILES string of the molecule is O=C(COc1ccccc1)N1CCCC1c1nnc(-c2ccc(Cl)cc2)o1. The number of hydrogen-bond acceptors (Lipinski definition) is 5. The van der Waals surface area contributed by atoms with Crippen LogP contribution in [0.5, 0.6) is 5.75 Å². The zero-order valence-corrected chi connectivity index (χ0v) is 15.3. The van der Waals surface area contributed by atoms with Crippen LogP contribution in [0, 0.1) is 0 Å². The lowest BCUT2D eigenvalue weighted by Gasteiger charge is -2.22. The predicted molar refractivity (Wildman–Crippen MR) is 100 cm³/mol. The van der Waals surface area contributed by atoms with Crippen LogP contribution in [-0.4, -0.2) is 34.2 Å². The molecule has 1 fully saturated rings. The molecule has 1 unspecified atom stereocenters. The quantitative estimate of drug-likeness (QED) is 0.662. The summed E-state index contributed by atoms with van der Waals surface area (Å²) in [6, 6.07) is 16.3. The highest BCUT2D eigenvalue weighted by Crippen LogP contribution is 2.33. The van der Waals surface area contributed by atoms with Crippen LogP contribution >= 0.6 is 11.6 Å². The van der Waals surface area contributed by atoms with Crippen molar-refractivity contribution in [2.45, 2.75) is 18.9 Å². The number of nitrogens with zero attached hydrogens (tertiary/aromatic N) is 3. The summed E-state index contributed by atoms with van der Waals surface area (Å²) in [7, 11) is 0. The third-order valence-electron chi connectivity index (χ3n) is 4.50. The number of amides is 1. The van der Waals surface area contributed by atoms with Gasteiger partial charge >= 0.3 is 0 Å². The molecule has 2 heterocycles. The molecule has 4 rings (SSSR count). The largest absolute Gasteiger partial charge is 0.484 e. The van der Waals surface area contributed by atoms with E-state index in [0.29, 0.717) is 29.1 Å². The molecule has 2 aromatic carbocycles. The molecule has 27 heavy (non-hydrogen) atoms. The average Bonchev–Trinajstić information content (AvgIpc) is 3.37. The Morgan fingerprint density at radius 1 is 1.15 bits per heavy atom. The molecule has 1 aromatic heterocycles. The van der Waals surface area contributed by atoms with Gasteiger partial charge in [-0.2, -0.15) is 0 Å². The summed E-state index contributed by atoms with van der Waals surface area (Å²) in [4.78, 5) is 14.4. The summed E-state index contributed by atoms with van der Waals surface area (Å²) in [6.07, 6.45) is 1.68. The van der Waals surface area contributed by atoms with E-state index in [0.717, 1.165) is 18.4 Å². The molecule has 1 atom stereocenters. The summed E-state index contributed by atoms with van der Waals surface area (Å²) < 4.78 is 11.4. The third-order valence-corrected chi connectivity index (χ3v) is 4.75. The van der Waals surface area contributed by atoms with Crippen molar-refractivity contribution in [3.05, 3.63) is 65.5 Å². The lowest BCUT2D eigenvalue weighted by molar-refractivity contribution is -0.134. The molecular weight excluding hydrogens is 366 g/mol. The molecule has 7 heteroatoms. The highest BCUT2D eigenvalue weighted by Gasteiger charge is 2.34. The van der Waals surface area contributed by atoms with Crippen molar-refractivity contribution in [1.29, 1.82) is 0 Å². The van der Waals surface area contributed by atoms with Crippen molar-refractivity contribution < 1.29 is 13.9 Å². The fourth-order valence-electron chi connectivity index (χ4n) is 3.15. The molecule has 1 saturated heterocycles. The number of halogens is 1. The third kappa shape index (κ3) is 3.95. The Hall–Kier alpha value is -2.86. The van der Waals surface area contributed by atoms with Crippen molar-refractivity contribution in [3.63, 3.8) is 0 Å². The smallest absolute Gasteiger partial charge is 0.261 e. The van der Waals surface area contributed by atoms with Crippen molar-refractivity contribution in [1.82, 2.24) is 15.1 Å². The van der Waals surface area contributed by atoms with Crippen molar-refractivity contribution >= 4 is 17.5 Å². The van der Waals surface area contributed by atoms with E-state index in [9.17, 15) is 4.79 Å². The summed E-state index contributed by atoms with van der Waals surface area (Å²) in [5.41, 5.74) is 0.793. The van der Waals surface area contributed by atoms with Gasteiger partial charge in [0.25, 0.3) is 5.91 Å². The minimum absolute atomic E-state index is 0.0152. The molecule has 6 nitrogen and oxygen atoms in total. The Morgan fingerprint density at radius 3 is 2.70 bits per heavy atom. The Balaban J connectivity index is 1.45. The monoisotopic (exact) mass is 383 g/mol. The highest BCUT2D eigenvalue weighted by atomic mass is 35.5. The molecule has 0 bridgehead atoms. The molecule has 3 aromatic rings. The van der Waals surface area contributed by atoms with Crippen molar-refractivity contribution in [2.24, 2.45) is 0 Å². The molecule has 0 N–H and O–H groups in total. The van der Waals surface area contributed by atoms with Gasteiger partial charge in [0.05, 0.1) is 0 Å². The maximum absolute atomic E-state index is 12.6. The van der Waals surface area contributed by atoms with E-state index in [1.807, 2.05) is 42.5 Å². The van der Waals surface area contributed by atoms with E-state index in [1.165, 1.54) is 0 Å². The molecule has 0 aliphatic carbocycles. The van der Waals surface area contributed by atoms with Crippen molar-refractivity contribution in [3.8, 4) is 17.2 Å². The number of rotatable bonds is 5. The zero-order valence-electron chi connectivity index (χ0n) is 14.5. The summed E-state index contributed by atoms with van der Waals surface area (Å²) in [6.45, 7) is 0.638. The van der Waals surface area contributed by atoms with Crippen LogP contribution in [0.25, 0.3) is 11.5 Å². The van der Waals surface area contributed by atoms with E-state index in [2.05, 4.69) is 10.2 Å². The van der Waals surface area contributed by atoms with Gasteiger partial charge in [-0.25, -0.2) is 0 Å². The standard InChI is InChI=1S/C20H18ClN3O3/c21-15-10-8-14(9-11-15)19-22-23-20(27-19)17-7-4-12-24(17)18(25)13-26-16-5-2-1-3-6-16/h1-3,5-6,8-11,17H,4,7,12-13H2. The van der Waals surface area contributed by atoms with Gasteiger partial charge in [0.2, 0.25) is 11.8 Å². The number of aromatic nitrogens is 2. The van der Waals surface area contributed by atoms with Gasteiger partial charge in [0, 0.05) is 17.1 Å². The second-order valence-corrected chi connectivity index (χ2v) is 6.74. The fourth-order valence-corrected chi connectivity index (χ4v) is 3.27. The van der Waals surface area contributed by atoms with Crippen LogP contribution in [0.15, 0.2) is 59.0 Å². The molecule has 1 amide bonds. The maximum Gasteiger partial charge on any atom is 0.261 e. The van der Waals surface area contributed by atoms with Gasteiger partial charge in [-0.05, 0) is 49.2 Å². The van der Waals surface area contributed by atoms with E-state index in [4.69, 9.17) is 20.8 Å². The second kappa shape index (κ2) is 7.80. The van der Waals surface area contributed by atoms with E-state index >= 15 is 0 Å². The summed E-state index contributed by atoms with van der Waals surface area (Å²) >= 11 is 5.91. The first-order chi connectivity index (χ1) is 13.2. The number of carbonyl (C=O) groups is 1. The van der Waals surface area contributed by atoms with Gasteiger partial charge in [0.15, 0.2) is 6.61 Å². The Labute approximate surface area is 161 Å². The first kappa shape index (κ1) is 17.5. The average molecular weight is 384 g/mol. The van der Waals surface area contributed by atoms with Crippen LogP contribution in [-0.2, 0) is 4.79 Å². The van der Waals surface area contributed by atoms with Gasteiger partial charge in [-0.1, -0.05) is 29.8 Å².